The summed E-state index contributed by atoms with van der Waals surface area (Å²) in [5, 5.41) is 15.9. The Bertz CT molecular complexity index is 472. The van der Waals surface area contributed by atoms with Crippen molar-refractivity contribution in [2.24, 2.45) is 0 Å². The maximum absolute atomic E-state index is 12.8. The summed E-state index contributed by atoms with van der Waals surface area (Å²) in [4.78, 5) is 13.7. The number of nitrogens with zero attached hydrogens (tertiary/aromatic N) is 1. The second-order valence-corrected chi connectivity index (χ2v) is 5.73. The van der Waals surface area contributed by atoms with Gasteiger partial charge in [0.25, 0.3) is 0 Å². The summed E-state index contributed by atoms with van der Waals surface area (Å²) < 4.78 is 12.8. The molecule has 1 aliphatic rings. The first-order valence-electron chi connectivity index (χ1n) is 7.10. The van der Waals surface area contributed by atoms with Gasteiger partial charge < -0.3 is 15.7 Å². The fourth-order valence-electron chi connectivity index (χ4n) is 2.40. The summed E-state index contributed by atoms with van der Waals surface area (Å²) in [5.74, 6) is -0.391. The Balaban J connectivity index is 1.72. The highest BCUT2D eigenvalue weighted by Crippen LogP contribution is 2.12. The molecule has 6 heteroatoms. The van der Waals surface area contributed by atoms with E-state index in [-0.39, 0.29) is 24.8 Å². The molecule has 1 aliphatic heterocycles. The van der Waals surface area contributed by atoms with E-state index in [1.54, 1.807) is 12.1 Å². The molecule has 0 aromatic heterocycles. The van der Waals surface area contributed by atoms with Crippen LogP contribution >= 0.6 is 0 Å². The van der Waals surface area contributed by atoms with Crippen LogP contribution in [0.5, 0.6) is 0 Å². The number of amides is 1. The number of nitrogens with one attached hydrogen (secondary N) is 2. The van der Waals surface area contributed by atoms with Gasteiger partial charge in [-0.25, -0.2) is 4.39 Å². The van der Waals surface area contributed by atoms with Crippen LogP contribution in [-0.2, 0) is 11.3 Å². The number of rotatable bonds is 6. The molecule has 1 amide bonds. The van der Waals surface area contributed by atoms with Crippen LogP contribution in [0.4, 0.5) is 4.39 Å². The highest BCUT2D eigenvalue weighted by atomic mass is 19.1. The number of aliphatic hydroxyl groups is 1. The SMILES string of the molecule is CN(CC(=O)NC[C@@]1(O)CCNC1)Cc1ccc(F)cc1. The number of hydrogen-bond donors (Lipinski definition) is 3. The standard InChI is InChI=1S/C15H22FN3O2/c1-19(8-12-2-4-13(16)5-3-12)9-14(20)18-11-15(21)6-7-17-10-15/h2-5,17,21H,6-11H2,1H3,(H,18,20)/t15-/m1/s1. The van der Waals surface area contributed by atoms with Gasteiger partial charge in [-0.3, -0.25) is 9.69 Å². The van der Waals surface area contributed by atoms with E-state index in [4.69, 9.17) is 0 Å². The Labute approximate surface area is 124 Å². The van der Waals surface area contributed by atoms with Gasteiger partial charge in [0.05, 0.1) is 12.1 Å². The average molecular weight is 295 g/mol. The lowest BCUT2D eigenvalue weighted by Gasteiger charge is -2.23. The van der Waals surface area contributed by atoms with Gasteiger partial charge in [0, 0.05) is 19.6 Å². The number of benzene rings is 1. The quantitative estimate of drug-likeness (QED) is 0.696. The maximum Gasteiger partial charge on any atom is 0.234 e. The fraction of sp³-hybridized carbons (Fsp3) is 0.533. The molecule has 116 valence electrons. The lowest BCUT2D eigenvalue weighted by molar-refractivity contribution is -0.123. The van der Waals surface area contributed by atoms with Gasteiger partial charge in [-0.15, -0.1) is 0 Å². The number of β-amino-alcohol motifs (C(OH)–C–C–N with tert-alkyl or cyclic N) is 1. The molecule has 21 heavy (non-hydrogen) atoms. The number of likely N-dealkylation sites (N-methyl/N-ethyl adjacent to an activating group) is 1. The zero-order valence-electron chi connectivity index (χ0n) is 12.2. The van der Waals surface area contributed by atoms with Crippen LogP contribution in [0.15, 0.2) is 24.3 Å². The van der Waals surface area contributed by atoms with E-state index in [1.807, 2.05) is 11.9 Å². The molecule has 0 radical (unpaired) electrons. The van der Waals surface area contributed by atoms with Crippen LogP contribution in [0.25, 0.3) is 0 Å². The van der Waals surface area contributed by atoms with Crippen molar-refractivity contribution >= 4 is 5.91 Å². The van der Waals surface area contributed by atoms with E-state index in [9.17, 15) is 14.3 Å². The van der Waals surface area contributed by atoms with Crippen molar-refractivity contribution in [3.8, 4) is 0 Å². The third kappa shape index (κ3) is 5.08. The number of halogens is 1. The van der Waals surface area contributed by atoms with E-state index < -0.39 is 5.60 Å². The van der Waals surface area contributed by atoms with Gasteiger partial charge in [0.15, 0.2) is 0 Å². The Morgan fingerprint density at radius 2 is 2.19 bits per heavy atom. The molecule has 0 bridgehead atoms. The highest BCUT2D eigenvalue weighted by Gasteiger charge is 2.31. The predicted molar refractivity (Wildman–Crippen MR) is 78.2 cm³/mol. The maximum atomic E-state index is 12.8. The van der Waals surface area contributed by atoms with Crippen LogP contribution in [0, 0.1) is 5.82 Å². The third-order valence-electron chi connectivity index (χ3n) is 3.62. The van der Waals surface area contributed by atoms with Crippen molar-refractivity contribution in [2.45, 2.75) is 18.6 Å². The lowest BCUT2D eigenvalue weighted by atomic mass is 10.0. The van der Waals surface area contributed by atoms with Gasteiger partial charge in [0.2, 0.25) is 5.91 Å². The summed E-state index contributed by atoms with van der Waals surface area (Å²) in [6, 6.07) is 6.23. The van der Waals surface area contributed by atoms with Crippen molar-refractivity contribution in [1.29, 1.82) is 0 Å². The predicted octanol–water partition coefficient (Wildman–Crippen LogP) is 0.0981. The average Bonchev–Trinajstić information content (AvgIpc) is 2.87. The Morgan fingerprint density at radius 3 is 2.81 bits per heavy atom. The molecule has 1 aromatic rings. The Morgan fingerprint density at radius 1 is 1.48 bits per heavy atom. The molecular weight excluding hydrogens is 273 g/mol. The van der Waals surface area contributed by atoms with Crippen molar-refractivity contribution < 1.29 is 14.3 Å². The molecule has 1 atom stereocenters. The first kappa shape index (κ1) is 15.9. The highest BCUT2D eigenvalue weighted by molar-refractivity contribution is 5.78. The zero-order valence-corrected chi connectivity index (χ0v) is 12.2. The van der Waals surface area contributed by atoms with Gasteiger partial charge in [-0.05, 0) is 37.7 Å². The monoisotopic (exact) mass is 295 g/mol. The fourth-order valence-corrected chi connectivity index (χ4v) is 2.40. The molecule has 0 spiro atoms. The first-order chi connectivity index (χ1) is 9.97. The smallest absolute Gasteiger partial charge is 0.234 e. The van der Waals surface area contributed by atoms with Crippen LogP contribution < -0.4 is 10.6 Å². The van der Waals surface area contributed by atoms with Crippen molar-refractivity contribution in [1.82, 2.24) is 15.5 Å². The minimum absolute atomic E-state index is 0.125. The summed E-state index contributed by atoms with van der Waals surface area (Å²) in [5.41, 5.74) is 0.121. The van der Waals surface area contributed by atoms with Gasteiger partial charge in [0.1, 0.15) is 5.82 Å². The summed E-state index contributed by atoms with van der Waals surface area (Å²) >= 11 is 0. The lowest BCUT2D eigenvalue weighted by Crippen LogP contribution is -2.46. The summed E-state index contributed by atoms with van der Waals surface area (Å²) in [6.45, 7) is 2.36. The normalized spacial score (nSPS) is 21.7. The summed E-state index contributed by atoms with van der Waals surface area (Å²) in [7, 11) is 1.83. The second kappa shape index (κ2) is 6.98. The van der Waals surface area contributed by atoms with Crippen molar-refractivity contribution in [3.05, 3.63) is 35.6 Å². The number of carbonyl (C=O) groups excluding carboxylic acids is 1. The van der Waals surface area contributed by atoms with E-state index in [1.165, 1.54) is 12.1 Å². The van der Waals surface area contributed by atoms with E-state index in [2.05, 4.69) is 10.6 Å². The van der Waals surface area contributed by atoms with E-state index in [0.29, 0.717) is 19.5 Å². The van der Waals surface area contributed by atoms with E-state index >= 15 is 0 Å². The van der Waals surface area contributed by atoms with Crippen LogP contribution in [0.2, 0.25) is 0 Å². The van der Waals surface area contributed by atoms with Gasteiger partial charge in [-0.2, -0.15) is 0 Å². The molecule has 5 nitrogen and oxygen atoms in total. The van der Waals surface area contributed by atoms with Crippen molar-refractivity contribution in [2.75, 3.05) is 33.2 Å². The van der Waals surface area contributed by atoms with Crippen molar-refractivity contribution in [3.63, 3.8) is 0 Å². The Kier molecular flexibility index (Phi) is 5.27. The first-order valence-corrected chi connectivity index (χ1v) is 7.10. The second-order valence-electron chi connectivity index (χ2n) is 5.73. The largest absolute Gasteiger partial charge is 0.387 e. The molecule has 1 saturated heterocycles. The molecule has 1 heterocycles. The third-order valence-corrected chi connectivity index (χ3v) is 3.62. The van der Waals surface area contributed by atoms with E-state index in [0.717, 1.165) is 12.1 Å². The molecule has 0 aliphatic carbocycles. The molecule has 2 rings (SSSR count). The zero-order chi connectivity index (χ0) is 15.3. The number of hydrogen-bond acceptors (Lipinski definition) is 4. The topological polar surface area (TPSA) is 64.6 Å². The Hall–Kier alpha value is -1.50. The minimum Gasteiger partial charge on any atom is -0.387 e. The van der Waals surface area contributed by atoms with Crippen LogP contribution in [0.3, 0.4) is 0 Å². The van der Waals surface area contributed by atoms with Gasteiger partial charge in [-0.1, -0.05) is 12.1 Å². The number of carbonyl (C=O) groups is 1. The molecule has 1 fully saturated rings. The molecular formula is C15H22FN3O2. The van der Waals surface area contributed by atoms with Crippen LogP contribution in [-0.4, -0.2) is 54.7 Å². The minimum atomic E-state index is -0.828. The van der Waals surface area contributed by atoms with Crippen LogP contribution in [0.1, 0.15) is 12.0 Å². The molecule has 0 unspecified atom stereocenters. The molecule has 0 saturated carbocycles. The molecule has 1 aromatic carbocycles. The summed E-state index contributed by atoms with van der Waals surface area (Å²) in [6.07, 6.45) is 0.651. The van der Waals surface area contributed by atoms with Gasteiger partial charge >= 0.3 is 0 Å². The molecule has 3 N–H and O–H groups in total.